The summed E-state index contributed by atoms with van der Waals surface area (Å²) in [4.78, 5) is 95.8. The molecule has 4 heterocycles. The van der Waals surface area contributed by atoms with E-state index >= 15 is 0 Å². The van der Waals surface area contributed by atoms with Gasteiger partial charge >= 0.3 is 0 Å². The van der Waals surface area contributed by atoms with Crippen molar-refractivity contribution < 1.29 is 36.7 Å². The quantitative estimate of drug-likeness (QED) is 0.0435. The van der Waals surface area contributed by atoms with Crippen LogP contribution in [0.25, 0.3) is 89.2 Å². The highest BCUT2D eigenvalue weighted by Crippen LogP contribution is 2.37. The van der Waals surface area contributed by atoms with Gasteiger partial charge < -0.3 is 19.6 Å². The van der Waals surface area contributed by atoms with Gasteiger partial charge in [-0.15, -0.1) is 0 Å². The molecule has 0 amide bonds. The van der Waals surface area contributed by atoms with E-state index in [1.807, 2.05) is 91.1 Å². The van der Waals surface area contributed by atoms with Crippen molar-refractivity contribution in [1.82, 2.24) is 39.9 Å². The van der Waals surface area contributed by atoms with Crippen molar-refractivity contribution in [2.45, 2.75) is 127 Å². The van der Waals surface area contributed by atoms with Gasteiger partial charge in [0.1, 0.15) is 46.0 Å². The molecule has 0 aliphatic heterocycles. The van der Waals surface area contributed by atoms with Crippen LogP contribution in [-0.4, -0.2) is 136 Å². The fourth-order valence-electron chi connectivity index (χ4n) is 11.1. The van der Waals surface area contributed by atoms with E-state index in [0.29, 0.717) is 118 Å². The molecule has 0 unspecified atom stereocenters. The van der Waals surface area contributed by atoms with E-state index in [1.165, 1.54) is 95.6 Å². The van der Waals surface area contributed by atoms with Crippen LogP contribution in [0.2, 0.25) is 0 Å². The number of carbonyl (C=O) groups is 4. The van der Waals surface area contributed by atoms with Gasteiger partial charge in [-0.1, -0.05) is 81.2 Å². The number of hydrogen-bond donors (Lipinski definition) is 0. The number of halogens is 4. The molecule has 0 saturated carbocycles. The first-order chi connectivity index (χ1) is 53.5. The first kappa shape index (κ1) is 86.1. The summed E-state index contributed by atoms with van der Waals surface area (Å²) in [5, 5.41) is 0.141. The highest BCUT2D eigenvalue weighted by Gasteiger charge is 2.24. The molecule has 16 nitrogen and oxygen atoms in total. The molecule has 112 heavy (non-hydrogen) atoms. The lowest BCUT2D eigenvalue weighted by molar-refractivity contribution is 0.108. The summed E-state index contributed by atoms with van der Waals surface area (Å²) in [7, 11) is 7.83. The molecule has 0 saturated heterocycles. The zero-order chi connectivity index (χ0) is 81.2. The van der Waals surface area contributed by atoms with Gasteiger partial charge in [-0.05, 0) is 256 Å². The van der Waals surface area contributed by atoms with Crippen LogP contribution in [0, 0.1) is 29.2 Å². The summed E-state index contributed by atoms with van der Waals surface area (Å²) in [6.07, 6.45) is 4.86. The maximum absolute atomic E-state index is 13.4. The van der Waals surface area contributed by atoms with Crippen LogP contribution in [0.3, 0.4) is 0 Å². The van der Waals surface area contributed by atoms with E-state index in [0.717, 1.165) is 58.8 Å². The number of fused-ring (bicyclic) bond motifs is 4. The molecule has 0 aliphatic carbocycles. The van der Waals surface area contributed by atoms with Crippen molar-refractivity contribution in [3.8, 4) is 45.0 Å². The second-order valence-corrected chi connectivity index (χ2v) is 32.4. The van der Waals surface area contributed by atoms with Crippen LogP contribution < -0.4 is 19.6 Å². The number of carbonyl (C=O) groups excluding carboxylic acids is 4. The zero-order valence-corrected chi connectivity index (χ0v) is 69.7. The summed E-state index contributed by atoms with van der Waals surface area (Å²) in [6.45, 7) is 24.9. The standard InChI is InChI=1S/C24H28FN3OS.C23H26FN3OS.C21H22FN3OS.C20H20FN3OS/c1-15(2)12-13-30-24(29)18-8-11-20-21(14-18)27-23(28(5)16(3)4)22(26-20)17-6-9-19(25)10-7-17;1-5-6-13-29-23(28)17-9-12-19-20(14-17)26-22(27(4)15(2)3)21(25-19)16-7-10-18(24)11-8-16;1-5-27-21(26)15-8-11-17-18(12-15)24-20(25(4)13(2)3)19(23-17)14-6-9-16(22)10-7-14;1-12(2)24(3)19-18(13-5-8-15(21)9-6-13)22-16-10-7-14(20(25)26-4)11-17(16)23-19/h6-11,14-16H,12-13H2,1-5H3;7-12,14-15H,5-6,13H2,1-4H3;6-13H,5H2,1-4H3;5-12H,1-4H3. The highest BCUT2D eigenvalue weighted by molar-refractivity contribution is 8.14. The smallest absolute Gasteiger partial charge is 0.219 e. The molecule has 0 spiro atoms. The Labute approximate surface area is 671 Å². The minimum absolute atomic E-state index is 0.00456. The SMILES string of the molecule is CC(C)CCSC(=O)c1ccc2nc(-c3ccc(F)cc3)c(N(C)C(C)C)nc2c1.CCCCSC(=O)c1ccc2nc(-c3ccc(F)cc3)c(N(C)C(C)C)nc2c1.CCSC(=O)c1ccc2nc(-c3ccc(F)cc3)c(N(C)C(C)C)nc2c1.CSC(=O)c1ccc2nc(-c3ccc(F)cc3)c(N(C)C(C)C)nc2c1. The molecule has 24 heteroatoms. The first-order valence-electron chi connectivity index (χ1n) is 37.3. The Morgan fingerprint density at radius 1 is 0.330 bits per heavy atom. The number of benzene rings is 8. The second kappa shape index (κ2) is 40.0. The minimum atomic E-state index is -0.290. The molecule has 0 fully saturated rings. The fraction of sp³-hybridized carbons (Fsp3) is 0.318. The summed E-state index contributed by atoms with van der Waals surface area (Å²) in [6, 6.07) is 47.5. The van der Waals surface area contributed by atoms with Crippen LogP contribution >= 0.6 is 47.0 Å². The van der Waals surface area contributed by atoms with Gasteiger partial charge in [0, 0.05) is 108 Å². The number of anilines is 4. The maximum Gasteiger partial charge on any atom is 0.219 e. The summed E-state index contributed by atoms with van der Waals surface area (Å²) >= 11 is 5.14. The predicted molar refractivity (Wildman–Crippen MR) is 462 cm³/mol. The lowest BCUT2D eigenvalue weighted by atomic mass is 10.1. The third-order valence-electron chi connectivity index (χ3n) is 18.6. The fourth-order valence-corrected chi connectivity index (χ4v) is 13.9. The summed E-state index contributed by atoms with van der Waals surface area (Å²) < 4.78 is 53.5. The van der Waals surface area contributed by atoms with Crippen LogP contribution in [0.5, 0.6) is 0 Å². The van der Waals surface area contributed by atoms with Crippen LogP contribution in [-0.2, 0) is 0 Å². The molecular formula is C88H96F4N12O4S4. The number of rotatable bonds is 23. The predicted octanol–water partition coefficient (Wildman–Crippen LogP) is 22.1. The van der Waals surface area contributed by atoms with Crippen molar-refractivity contribution in [3.05, 3.63) is 215 Å². The van der Waals surface area contributed by atoms with Gasteiger partial charge in [0.15, 0.2) is 23.3 Å². The third kappa shape index (κ3) is 22.3. The van der Waals surface area contributed by atoms with E-state index in [2.05, 4.69) is 76.2 Å². The molecule has 0 radical (unpaired) electrons. The van der Waals surface area contributed by atoms with Gasteiger partial charge in [0.25, 0.3) is 0 Å². The minimum Gasteiger partial charge on any atom is -0.355 e. The molecule has 0 atom stereocenters. The Morgan fingerprint density at radius 3 is 0.812 bits per heavy atom. The Morgan fingerprint density at radius 2 is 0.580 bits per heavy atom. The van der Waals surface area contributed by atoms with Gasteiger partial charge in [-0.3, -0.25) is 19.2 Å². The number of nitrogens with zero attached hydrogens (tertiary/aromatic N) is 12. The lowest BCUT2D eigenvalue weighted by Gasteiger charge is -2.25. The van der Waals surface area contributed by atoms with Crippen LogP contribution in [0.1, 0.15) is 144 Å². The molecule has 12 rings (SSSR count). The Bertz CT molecular complexity index is 5280. The molecule has 0 aliphatic rings. The van der Waals surface area contributed by atoms with Gasteiger partial charge in [-0.25, -0.2) is 57.4 Å². The average molecular weight is 1590 g/mol. The van der Waals surface area contributed by atoms with Crippen molar-refractivity contribution in [2.75, 3.05) is 71.3 Å². The molecule has 0 N–H and O–H groups in total. The van der Waals surface area contributed by atoms with Crippen molar-refractivity contribution in [2.24, 2.45) is 5.92 Å². The molecule has 0 bridgehead atoms. The molecular weight excluding hydrogens is 1490 g/mol. The van der Waals surface area contributed by atoms with E-state index < -0.39 is 0 Å². The van der Waals surface area contributed by atoms with E-state index in [1.54, 1.807) is 91.2 Å². The lowest BCUT2D eigenvalue weighted by Crippen LogP contribution is -2.27. The Balaban J connectivity index is 0.000000172. The maximum atomic E-state index is 13.4. The third-order valence-corrected chi connectivity index (χ3v) is 21.9. The van der Waals surface area contributed by atoms with Crippen LogP contribution in [0.15, 0.2) is 170 Å². The molecule has 584 valence electrons. The van der Waals surface area contributed by atoms with Crippen molar-refractivity contribution in [3.63, 3.8) is 0 Å². The Hall–Kier alpha value is -9.88. The van der Waals surface area contributed by atoms with E-state index in [-0.39, 0.29) is 67.9 Å². The van der Waals surface area contributed by atoms with Gasteiger partial charge in [-0.2, -0.15) is 0 Å². The second-order valence-electron chi connectivity index (χ2n) is 28.3. The van der Waals surface area contributed by atoms with Gasteiger partial charge in [0.05, 0.1) is 44.1 Å². The average Bonchev–Trinajstić information content (AvgIpc) is 0.796. The summed E-state index contributed by atoms with van der Waals surface area (Å²) in [5.41, 5.74) is 14.0. The molecule has 12 aromatic rings. The monoisotopic (exact) mass is 1590 g/mol. The summed E-state index contributed by atoms with van der Waals surface area (Å²) in [5.74, 6) is 4.61. The zero-order valence-electron chi connectivity index (χ0n) is 66.4. The van der Waals surface area contributed by atoms with Crippen LogP contribution in [0.4, 0.5) is 40.8 Å². The molecule has 8 aromatic carbocycles. The number of hydrogen-bond acceptors (Lipinski definition) is 20. The van der Waals surface area contributed by atoms with Crippen molar-refractivity contribution >= 4 is 135 Å². The Kier molecular flexibility index (Phi) is 30.8. The van der Waals surface area contributed by atoms with Crippen molar-refractivity contribution in [1.29, 1.82) is 0 Å². The number of unbranched alkanes of at least 4 members (excludes halogenated alkanes) is 1. The topological polar surface area (TPSA) is 184 Å². The largest absolute Gasteiger partial charge is 0.355 e. The molecule has 4 aromatic heterocycles. The first-order valence-corrected chi connectivity index (χ1v) is 41.5. The normalized spacial score (nSPS) is 11.3. The number of aromatic nitrogens is 8. The number of thioether (sulfide) groups is 4. The van der Waals surface area contributed by atoms with Gasteiger partial charge in [0.2, 0.25) is 20.5 Å². The van der Waals surface area contributed by atoms with E-state index in [9.17, 15) is 36.7 Å². The van der Waals surface area contributed by atoms with E-state index in [4.69, 9.17) is 39.9 Å². The highest BCUT2D eigenvalue weighted by atomic mass is 32.2.